The van der Waals surface area contributed by atoms with Gasteiger partial charge in [0.05, 0.1) is 17.4 Å². The van der Waals surface area contributed by atoms with Crippen LogP contribution in [-0.4, -0.2) is 27.9 Å². The van der Waals surface area contributed by atoms with Gasteiger partial charge in [-0.3, -0.25) is 9.59 Å². The van der Waals surface area contributed by atoms with Crippen LogP contribution in [0.25, 0.3) is 0 Å². The van der Waals surface area contributed by atoms with Gasteiger partial charge in [0.25, 0.3) is 0 Å². The Labute approximate surface area is 130 Å². The molecular formula is C16H16F3NO3. The summed E-state index contributed by atoms with van der Waals surface area (Å²) in [6.45, 7) is -0.123. The molecule has 0 heterocycles. The Morgan fingerprint density at radius 1 is 1.17 bits per heavy atom. The number of carbonyl (C=O) groups excluding carboxylic acids is 1. The number of carboxylic acid groups (broad SMARTS) is 1. The third kappa shape index (κ3) is 3.33. The number of hydrogen-bond donors (Lipinski definition) is 1. The minimum atomic E-state index is -4.47. The fourth-order valence-corrected chi connectivity index (χ4v) is 2.85. The van der Waals surface area contributed by atoms with Crippen molar-refractivity contribution in [1.29, 1.82) is 0 Å². The van der Waals surface area contributed by atoms with Crippen LogP contribution in [0.4, 0.5) is 13.2 Å². The Bertz CT molecular complexity index is 640. The monoisotopic (exact) mass is 327 g/mol. The van der Waals surface area contributed by atoms with Gasteiger partial charge in [0.15, 0.2) is 0 Å². The van der Waals surface area contributed by atoms with Gasteiger partial charge in [0.2, 0.25) is 5.91 Å². The van der Waals surface area contributed by atoms with Crippen molar-refractivity contribution in [3.8, 4) is 0 Å². The van der Waals surface area contributed by atoms with E-state index in [9.17, 15) is 22.8 Å². The third-order valence-electron chi connectivity index (χ3n) is 4.36. The number of benzene rings is 1. The van der Waals surface area contributed by atoms with Crippen LogP contribution in [0.2, 0.25) is 0 Å². The van der Waals surface area contributed by atoms with Gasteiger partial charge >= 0.3 is 12.1 Å². The molecule has 1 aromatic rings. The van der Waals surface area contributed by atoms with E-state index in [1.165, 1.54) is 23.1 Å². The van der Waals surface area contributed by atoms with Gasteiger partial charge in [-0.05, 0) is 30.9 Å². The molecule has 124 valence electrons. The van der Waals surface area contributed by atoms with E-state index < -0.39 is 29.5 Å². The highest BCUT2D eigenvalue weighted by atomic mass is 19.4. The van der Waals surface area contributed by atoms with E-state index in [1.807, 2.05) is 0 Å². The van der Waals surface area contributed by atoms with Gasteiger partial charge in [-0.25, -0.2) is 0 Å². The van der Waals surface area contributed by atoms with E-state index in [2.05, 4.69) is 0 Å². The number of alkyl halides is 3. The maximum absolute atomic E-state index is 13.1. The highest BCUT2D eigenvalue weighted by Crippen LogP contribution is 2.43. The molecular weight excluding hydrogens is 311 g/mol. The molecule has 3 rings (SSSR count). The number of nitrogens with zero attached hydrogens (tertiary/aromatic N) is 1. The van der Waals surface area contributed by atoms with Gasteiger partial charge < -0.3 is 10.0 Å². The second-order valence-corrected chi connectivity index (χ2v) is 6.14. The van der Waals surface area contributed by atoms with Crippen LogP contribution in [0.3, 0.4) is 0 Å². The molecule has 0 aromatic heterocycles. The van der Waals surface area contributed by atoms with Crippen molar-refractivity contribution in [3.05, 3.63) is 35.4 Å². The zero-order valence-corrected chi connectivity index (χ0v) is 12.2. The van der Waals surface area contributed by atoms with Crippen molar-refractivity contribution in [1.82, 2.24) is 4.90 Å². The number of halogens is 3. The van der Waals surface area contributed by atoms with Gasteiger partial charge in [-0.15, -0.1) is 0 Å². The van der Waals surface area contributed by atoms with Crippen molar-refractivity contribution in [2.45, 2.75) is 38.0 Å². The average molecular weight is 327 g/mol. The van der Waals surface area contributed by atoms with Crippen LogP contribution >= 0.6 is 0 Å². The molecule has 23 heavy (non-hydrogen) atoms. The van der Waals surface area contributed by atoms with E-state index in [4.69, 9.17) is 5.11 Å². The molecule has 2 aliphatic rings. The van der Waals surface area contributed by atoms with Crippen molar-refractivity contribution < 1.29 is 27.9 Å². The summed E-state index contributed by atoms with van der Waals surface area (Å²) in [6.07, 6.45) is -2.69. The Balaban J connectivity index is 1.79. The lowest BCUT2D eigenvalue weighted by molar-refractivity contribution is -0.142. The van der Waals surface area contributed by atoms with Crippen LogP contribution in [0.1, 0.15) is 30.4 Å². The standard InChI is InChI=1S/C16H16F3NO3/c17-16(18,19)13-4-2-1-3-9(13)8-20(10-5-6-10)14(21)11-7-12(11)15(22)23/h1-4,10-12H,5-8H2,(H,22,23). The second-order valence-electron chi connectivity index (χ2n) is 6.14. The SMILES string of the molecule is O=C(O)C1CC1C(=O)N(Cc1ccccc1C(F)(F)F)C1CC1. The molecule has 7 heteroatoms. The fourth-order valence-electron chi connectivity index (χ4n) is 2.85. The van der Waals surface area contributed by atoms with Crippen molar-refractivity contribution >= 4 is 11.9 Å². The molecule has 4 nitrogen and oxygen atoms in total. The molecule has 1 amide bonds. The van der Waals surface area contributed by atoms with Crippen molar-refractivity contribution in [2.24, 2.45) is 11.8 Å². The molecule has 2 atom stereocenters. The highest BCUT2D eigenvalue weighted by Gasteiger charge is 2.51. The van der Waals surface area contributed by atoms with Crippen LogP contribution in [0, 0.1) is 11.8 Å². The number of aliphatic carboxylic acids is 1. The first-order valence-corrected chi connectivity index (χ1v) is 7.47. The molecule has 2 fully saturated rings. The van der Waals surface area contributed by atoms with Gasteiger partial charge in [-0.1, -0.05) is 18.2 Å². The van der Waals surface area contributed by atoms with E-state index in [0.717, 1.165) is 18.9 Å². The summed E-state index contributed by atoms with van der Waals surface area (Å²) in [5.41, 5.74) is -0.697. The maximum Gasteiger partial charge on any atom is 0.416 e. The second kappa shape index (κ2) is 5.54. The quantitative estimate of drug-likeness (QED) is 0.905. The van der Waals surface area contributed by atoms with E-state index in [-0.39, 0.29) is 30.5 Å². The molecule has 0 aliphatic heterocycles. The Hall–Kier alpha value is -2.05. The molecule has 0 radical (unpaired) electrons. The summed E-state index contributed by atoms with van der Waals surface area (Å²) < 4.78 is 39.2. The van der Waals surface area contributed by atoms with E-state index in [0.29, 0.717) is 0 Å². The summed E-state index contributed by atoms with van der Waals surface area (Å²) >= 11 is 0. The predicted octanol–water partition coefficient (Wildman–Crippen LogP) is 2.92. The number of hydrogen-bond acceptors (Lipinski definition) is 2. The topological polar surface area (TPSA) is 57.6 Å². The van der Waals surface area contributed by atoms with E-state index in [1.54, 1.807) is 0 Å². The first-order valence-electron chi connectivity index (χ1n) is 7.47. The summed E-state index contributed by atoms with van der Waals surface area (Å²) in [7, 11) is 0. The molecule has 2 unspecified atom stereocenters. The predicted molar refractivity (Wildman–Crippen MR) is 74.2 cm³/mol. The first kappa shape index (κ1) is 15.8. The Morgan fingerprint density at radius 3 is 2.35 bits per heavy atom. The lowest BCUT2D eigenvalue weighted by Gasteiger charge is -2.24. The largest absolute Gasteiger partial charge is 0.481 e. The zero-order valence-electron chi connectivity index (χ0n) is 12.2. The number of carbonyl (C=O) groups is 2. The maximum atomic E-state index is 13.1. The zero-order chi connectivity index (χ0) is 16.8. The van der Waals surface area contributed by atoms with Gasteiger partial charge in [-0.2, -0.15) is 13.2 Å². The minimum Gasteiger partial charge on any atom is -0.481 e. The Kier molecular flexibility index (Phi) is 3.82. The minimum absolute atomic E-state index is 0.0489. The van der Waals surface area contributed by atoms with Crippen molar-refractivity contribution in [2.75, 3.05) is 0 Å². The van der Waals surface area contributed by atoms with Crippen LogP contribution < -0.4 is 0 Å². The van der Waals surface area contributed by atoms with Crippen LogP contribution in [0.5, 0.6) is 0 Å². The third-order valence-corrected chi connectivity index (χ3v) is 4.36. The number of amides is 1. The molecule has 1 N–H and O–H groups in total. The average Bonchev–Trinajstić information content (AvgIpc) is 3.36. The van der Waals surface area contributed by atoms with E-state index >= 15 is 0 Å². The van der Waals surface area contributed by atoms with Gasteiger partial charge in [0.1, 0.15) is 0 Å². The fraction of sp³-hybridized carbons (Fsp3) is 0.500. The van der Waals surface area contributed by atoms with Gasteiger partial charge in [0, 0.05) is 12.6 Å². The summed E-state index contributed by atoms with van der Waals surface area (Å²) in [5.74, 6) is -2.64. The molecule has 0 bridgehead atoms. The highest BCUT2D eigenvalue weighted by molar-refractivity contribution is 5.89. The summed E-state index contributed by atoms with van der Waals surface area (Å²) in [6, 6.07) is 5.13. The summed E-state index contributed by atoms with van der Waals surface area (Å²) in [4.78, 5) is 24.8. The molecule has 2 saturated carbocycles. The number of rotatable bonds is 5. The molecule has 2 aliphatic carbocycles. The smallest absolute Gasteiger partial charge is 0.416 e. The first-order chi connectivity index (χ1) is 10.8. The summed E-state index contributed by atoms with van der Waals surface area (Å²) in [5, 5.41) is 8.93. The molecule has 0 saturated heterocycles. The van der Waals surface area contributed by atoms with Crippen LogP contribution in [-0.2, 0) is 22.3 Å². The lowest BCUT2D eigenvalue weighted by atomic mass is 10.1. The molecule has 0 spiro atoms. The number of carboxylic acids is 1. The Morgan fingerprint density at radius 2 is 1.83 bits per heavy atom. The van der Waals surface area contributed by atoms with Crippen molar-refractivity contribution in [3.63, 3.8) is 0 Å². The normalized spacial score (nSPS) is 23.4. The molecule has 1 aromatic carbocycles. The lowest BCUT2D eigenvalue weighted by Crippen LogP contribution is -2.35. The van der Waals surface area contributed by atoms with Crippen LogP contribution in [0.15, 0.2) is 24.3 Å².